The van der Waals surface area contributed by atoms with Crippen LogP contribution in [0.2, 0.25) is 0 Å². The van der Waals surface area contributed by atoms with Crippen LogP contribution in [0.15, 0.2) is 67.0 Å². The van der Waals surface area contributed by atoms with Crippen LogP contribution < -0.4 is 5.32 Å². The van der Waals surface area contributed by atoms with E-state index in [-0.39, 0.29) is 18.1 Å². The number of thiocarbonyl (C=S) groups is 1. The average Bonchev–Trinajstić information content (AvgIpc) is 3.58. The number of aromatic nitrogens is 2. The lowest BCUT2D eigenvalue weighted by atomic mass is 9.99. The zero-order valence-electron chi connectivity index (χ0n) is 18.0. The molecule has 7 heteroatoms. The second kappa shape index (κ2) is 8.74. The molecule has 0 bridgehead atoms. The fourth-order valence-corrected chi connectivity index (χ4v) is 5.39. The fraction of sp³-hybridized carbons (Fsp3) is 0.320. The third-order valence-electron chi connectivity index (χ3n) is 6.50. The van der Waals surface area contributed by atoms with Gasteiger partial charge in [0.2, 0.25) is 0 Å². The summed E-state index contributed by atoms with van der Waals surface area (Å²) in [5.74, 6) is -0.336. The molecule has 2 aliphatic rings. The van der Waals surface area contributed by atoms with Crippen molar-refractivity contribution in [3.05, 3.63) is 83.9 Å². The van der Waals surface area contributed by atoms with Crippen LogP contribution in [0.1, 0.15) is 59.5 Å². The van der Waals surface area contributed by atoms with Gasteiger partial charge in [0.15, 0.2) is 5.11 Å². The van der Waals surface area contributed by atoms with E-state index in [2.05, 4.69) is 44.2 Å². The highest BCUT2D eigenvalue weighted by Gasteiger charge is 2.44. The molecule has 3 aromatic rings. The van der Waals surface area contributed by atoms with E-state index < -0.39 is 0 Å². The van der Waals surface area contributed by atoms with Gasteiger partial charge in [-0.25, -0.2) is 4.79 Å². The number of nitrogens with zero attached hydrogens (tertiary/aromatic N) is 3. The molecule has 1 saturated carbocycles. The van der Waals surface area contributed by atoms with Gasteiger partial charge >= 0.3 is 5.97 Å². The molecule has 0 amide bonds. The molecule has 5 rings (SSSR count). The Labute approximate surface area is 193 Å². The highest BCUT2D eigenvalue weighted by atomic mass is 32.1. The van der Waals surface area contributed by atoms with Crippen LogP contribution >= 0.6 is 12.2 Å². The van der Waals surface area contributed by atoms with Crippen LogP contribution in [-0.2, 0) is 4.74 Å². The Kier molecular flexibility index (Phi) is 5.66. The number of ether oxygens (including phenoxy) is 1. The zero-order valence-corrected chi connectivity index (χ0v) is 18.8. The molecule has 164 valence electrons. The first-order valence-corrected chi connectivity index (χ1v) is 11.4. The van der Waals surface area contributed by atoms with Crippen LogP contribution in [0.3, 0.4) is 0 Å². The molecule has 0 spiro atoms. The fourth-order valence-electron chi connectivity index (χ4n) is 5.00. The summed E-state index contributed by atoms with van der Waals surface area (Å²) in [6.45, 7) is 0. The highest BCUT2D eigenvalue weighted by molar-refractivity contribution is 7.80. The normalized spacial score (nSPS) is 21.0. The molecule has 2 atom stereocenters. The lowest BCUT2D eigenvalue weighted by Gasteiger charge is -2.33. The minimum absolute atomic E-state index is 0.0239. The van der Waals surface area contributed by atoms with Crippen LogP contribution in [0.5, 0.6) is 0 Å². The van der Waals surface area contributed by atoms with Crippen molar-refractivity contribution >= 4 is 23.3 Å². The lowest BCUT2D eigenvalue weighted by Crippen LogP contribution is -2.38. The smallest absolute Gasteiger partial charge is 0.337 e. The van der Waals surface area contributed by atoms with E-state index in [1.165, 1.54) is 20.0 Å². The van der Waals surface area contributed by atoms with Crippen LogP contribution in [0, 0.1) is 0 Å². The molecular weight excluding hydrogens is 420 g/mol. The minimum Gasteiger partial charge on any atom is -0.465 e. The van der Waals surface area contributed by atoms with Crippen LogP contribution in [-0.4, -0.2) is 38.7 Å². The predicted octanol–water partition coefficient (Wildman–Crippen LogP) is 4.57. The average molecular weight is 447 g/mol. The molecule has 2 fully saturated rings. The third kappa shape index (κ3) is 3.66. The Morgan fingerprint density at radius 3 is 2.56 bits per heavy atom. The number of pyridine rings is 1. The van der Waals surface area contributed by atoms with Crippen molar-refractivity contribution in [2.45, 2.75) is 43.8 Å². The number of hydrogen-bond acceptors (Lipinski definition) is 4. The summed E-state index contributed by atoms with van der Waals surface area (Å²) in [6, 6.07) is 18.2. The van der Waals surface area contributed by atoms with Crippen molar-refractivity contribution in [2.24, 2.45) is 0 Å². The van der Waals surface area contributed by atoms with Gasteiger partial charge in [-0.1, -0.05) is 18.9 Å². The third-order valence-corrected chi connectivity index (χ3v) is 6.83. The first kappa shape index (κ1) is 20.7. The van der Waals surface area contributed by atoms with E-state index in [0.29, 0.717) is 11.6 Å². The summed E-state index contributed by atoms with van der Waals surface area (Å²) in [5, 5.41) is 4.36. The highest BCUT2D eigenvalue weighted by Crippen LogP contribution is 2.43. The first-order chi connectivity index (χ1) is 15.7. The number of rotatable bonds is 5. The molecule has 1 saturated heterocycles. The zero-order chi connectivity index (χ0) is 22.1. The van der Waals surface area contributed by atoms with Gasteiger partial charge in [0, 0.05) is 29.8 Å². The van der Waals surface area contributed by atoms with Crippen LogP contribution in [0.4, 0.5) is 0 Å². The molecule has 6 nitrogen and oxygen atoms in total. The molecule has 1 aliphatic carbocycles. The Morgan fingerprint density at radius 2 is 1.88 bits per heavy atom. The maximum Gasteiger partial charge on any atom is 0.337 e. The molecule has 2 aromatic heterocycles. The molecule has 1 N–H and O–H groups in total. The molecule has 2 unspecified atom stereocenters. The summed E-state index contributed by atoms with van der Waals surface area (Å²) in [4.78, 5) is 18.9. The number of carbonyl (C=O) groups excluding carboxylic acids is 1. The summed E-state index contributed by atoms with van der Waals surface area (Å²) in [6.07, 6.45) is 8.68. The maximum atomic E-state index is 11.8. The first-order valence-electron chi connectivity index (χ1n) is 11.0. The van der Waals surface area contributed by atoms with E-state index in [1.54, 1.807) is 12.1 Å². The van der Waals surface area contributed by atoms with Gasteiger partial charge in [-0.05, 0) is 73.6 Å². The number of carbonyl (C=O) groups is 1. The number of nitrogens with one attached hydrogen (secondary N) is 1. The number of benzene rings is 1. The van der Waals surface area contributed by atoms with Crippen molar-refractivity contribution in [2.75, 3.05) is 7.11 Å². The van der Waals surface area contributed by atoms with Gasteiger partial charge in [-0.15, -0.1) is 0 Å². The van der Waals surface area contributed by atoms with Gasteiger partial charge in [-0.2, -0.15) is 0 Å². The second-order valence-corrected chi connectivity index (χ2v) is 8.70. The summed E-state index contributed by atoms with van der Waals surface area (Å²) >= 11 is 5.85. The van der Waals surface area contributed by atoms with E-state index in [0.717, 1.165) is 35.0 Å². The maximum absolute atomic E-state index is 11.8. The van der Waals surface area contributed by atoms with Crippen molar-refractivity contribution < 1.29 is 9.53 Å². The minimum atomic E-state index is -0.336. The molecule has 1 aromatic carbocycles. The lowest BCUT2D eigenvalue weighted by molar-refractivity contribution is 0.0600. The van der Waals surface area contributed by atoms with E-state index in [4.69, 9.17) is 17.0 Å². The van der Waals surface area contributed by atoms with E-state index in [9.17, 15) is 4.79 Å². The summed E-state index contributed by atoms with van der Waals surface area (Å²) < 4.78 is 7.02. The Balaban J connectivity index is 1.57. The number of hydrogen-bond donors (Lipinski definition) is 1. The Morgan fingerprint density at radius 1 is 1.09 bits per heavy atom. The van der Waals surface area contributed by atoms with Crippen molar-refractivity contribution in [1.82, 2.24) is 19.8 Å². The molecule has 1 aliphatic heterocycles. The molecule has 32 heavy (non-hydrogen) atoms. The van der Waals surface area contributed by atoms with Gasteiger partial charge in [0.1, 0.15) is 0 Å². The van der Waals surface area contributed by atoms with Gasteiger partial charge in [0.05, 0.1) is 30.5 Å². The Bertz CT molecular complexity index is 1110. The largest absolute Gasteiger partial charge is 0.465 e. The summed E-state index contributed by atoms with van der Waals surface area (Å²) in [7, 11) is 1.39. The SMILES string of the molecule is COC(=O)c1ccc(-n2cccc2C2C(c3ccccn3)NC(=S)N2C2CCCC2)cc1. The molecule has 0 radical (unpaired) electrons. The standard InChI is InChI=1S/C25H26N4O2S/c1-31-24(30)17-11-13-18(14-12-17)28-16-6-10-21(28)23-22(20-9-4-5-15-26-20)27-25(32)29(23)19-7-2-3-8-19/h4-6,9-16,19,22-23H,2-3,7-8H2,1H3,(H,27,32). The number of methoxy groups -OCH3 is 1. The number of esters is 1. The van der Waals surface area contributed by atoms with Crippen molar-refractivity contribution in [3.8, 4) is 5.69 Å². The topological polar surface area (TPSA) is 59.4 Å². The van der Waals surface area contributed by atoms with Gasteiger partial charge < -0.3 is 19.5 Å². The molecular formula is C25H26N4O2S. The Hall–Kier alpha value is -3.19. The van der Waals surface area contributed by atoms with Gasteiger partial charge in [-0.3, -0.25) is 4.98 Å². The van der Waals surface area contributed by atoms with Crippen LogP contribution in [0.25, 0.3) is 5.69 Å². The van der Waals surface area contributed by atoms with E-state index in [1.807, 2.05) is 30.5 Å². The quantitative estimate of drug-likeness (QED) is 0.458. The van der Waals surface area contributed by atoms with Crippen molar-refractivity contribution in [1.29, 1.82) is 0 Å². The summed E-state index contributed by atoms with van der Waals surface area (Å²) in [5.41, 5.74) is 3.65. The van der Waals surface area contributed by atoms with Gasteiger partial charge in [0.25, 0.3) is 0 Å². The monoisotopic (exact) mass is 446 g/mol. The van der Waals surface area contributed by atoms with E-state index >= 15 is 0 Å². The second-order valence-electron chi connectivity index (χ2n) is 8.31. The van der Waals surface area contributed by atoms with Crippen molar-refractivity contribution in [3.63, 3.8) is 0 Å². The predicted molar refractivity (Wildman–Crippen MR) is 127 cm³/mol. The molecule has 3 heterocycles.